The molecule has 0 bridgehead atoms. The van der Waals surface area contributed by atoms with Gasteiger partial charge in [0, 0.05) is 31.7 Å². The van der Waals surface area contributed by atoms with Gasteiger partial charge < -0.3 is 19.8 Å². The molecule has 0 unspecified atom stereocenters. The Morgan fingerprint density at radius 3 is 2.82 bits per heavy atom. The molecule has 22 heavy (non-hydrogen) atoms. The van der Waals surface area contributed by atoms with E-state index < -0.39 is 0 Å². The van der Waals surface area contributed by atoms with Gasteiger partial charge in [0.25, 0.3) is 0 Å². The molecule has 0 spiro atoms. The third kappa shape index (κ3) is 5.12. The quantitative estimate of drug-likeness (QED) is 0.328. The lowest BCUT2D eigenvalue weighted by Gasteiger charge is -2.20. The molecule has 2 heterocycles. The van der Waals surface area contributed by atoms with Gasteiger partial charge in [-0.3, -0.25) is 4.99 Å². The maximum absolute atomic E-state index is 9.63. The van der Waals surface area contributed by atoms with Crippen molar-refractivity contribution in [3.63, 3.8) is 0 Å². The van der Waals surface area contributed by atoms with Gasteiger partial charge in [0.1, 0.15) is 5.76 Å². The van der Waals surface area contributed by atoms with Gasteiger partial charge in [-0.2, -0.15) is 0 Å². The van der Waals surface area contributed by atoms with Crippen LogP contribution in [-0.2, 0) is 6.42 Å². The number of nitrogens with one attached hydrogen (secondary N) is 1. The van der Waals surface area contributed by atoms with E-state index in [-0.39, 0.29) is 30.1 Å². The molecule has 1 fully saturated rings. The van der Waals surface area contributed by atoms with Gasteiger partial charge in [-0.1, -0.05) is 5.16 Å². The van der Waals surface area contributed by atoms with Crippen LogP contribution in [0.1, 0.15) is 36.8 Å². The Morgan fingerprint density at radius 1 is 1.50 bits per heavy atom. The molecule has 0 amide bonds. The third-order valence-electron chi connectivity index (χ3n) is 3.83. The van der Waals surface area contributed by atoms with Crippen LogP contribution in [0.5, 0.6) is 0 Å². The predicted molar refractivity (Wildman–Crippen MR) is 97.9 cm³/mol. The van der Waals surface area contributed by atoms with Crippen molar-refractivity contribution in [2.45, 2.75) is 46.1 Å². The number of likely N-dealkylation sites (tertiary alicyclic amines) is 1. The highest BCUT2D eigenvalue weighted by Gasteiger charge is 2.22. The summed E-state index contributed by atoms with van der Waals surface area (Å²) in [6.45, 7) is 9.14. The summed E-state index contributed by atoms with van der Waals surface area (Å²) in [5.41, 5.74) is 2.18. The fourth-order valence-corrected chi connectivity index (χ4v) is 2.66. The van der Waals surface area contributed by atoms with Crippen LogP contribution in [0.25, 0.3) is 0 Å². The number of nitrogens with zero attached hydrogens (tertiary/aromatic N) is 3. The molecule has 0 aromatic carbocycles. The Morgan fingerprint density at radius 2 is 2.27 bits per heavy atom. The monoisotopic (exact) mass is 422 g/mol. The maximum atomic E-state index is 9.63. The van der Waals surface area contributed by atoms with Crippen LogP contribution in [0.3, 0.4) is 0 Å². The Kier molecular flexibility index (Phi) is 8.16. The molecule has 1 aliphatic rings. The minimum atomic E-state index is -0.226. The van der Waals surface area contributed by atoms with E-state index in [0.29, 0.717) is 6.54 Å². The highest BCUT2D eigenvalue weighted by Crippen LogP contribution is 2.14. The van der Waals surface area contributed by atoms with Crippen LogP contribution < -0.4 is 5.32 Å². The van der Waals surface area contributed by atoms with E-state index >= 15 is 0 Å². The molecule has 2 rings (SSSR count). The first kappa shape index (κ1) is 19.2. The summed E-state index contributed by atoms with van der Waals surface area (Å²) in [7, 11) is 0. The Hall–Kier alpha value is -0.830. The van der Waals surface area contributed by atoms with Crippen LogP contribution in [-0.4, -0.2) is 53.4 Å². The van der Waals surface area contributed by atoms with Crippen LogP contribution in [0.4, 0.5) is 0 Å². The maximum Gasteiger partial charge on any atom is 0.194 e. The number of aromatic nitrogens is 1. The van der Waals surface area contributed by atoms with E-state index in [1.807, 2.05) is 13.8 Å². The number of aryl methyl sites for hydroxylation is 2. The van der Waals surface area contributed by atoms with Gasteiger partial charge in [0.2, 0.25) is 0 Å². The Bertz CT molecular complexity index is 470. The molecule has 2 N–H and O–H groups in total. The standard InChI is InChI=1S/C15H26N4O2.HI/c1-4-16-15(19-9-7-13(20)10-19)17-8-5-6-14-11(2)18-21-12(14)3;/h13,20H,4-10H2,1-3H3,(H,16,17);1H/t13-;/m1./s1. The molecule has 6 nitrogen and oxygen atoms in total. The van der Waals surface area contributed by atoms with E-state index in [2.05, 4.69) is 27.3 Å². The lowest BCUT2D eigenvalue weighted by Crippen LogP contribution is -2.40. The van der Waals surface area contributed by atoms with Crippen molar-refractivity contribution >= 4 is 29.9 Å². The topological polar surface area (TPSA) is 73.9 Å². The molecular weight excluding hydrogens is 395 g/mol. The number of aliphatic hydroxyl groups excluding tert-OH is 1. The predicted octanol–water partition coefficient (Wildman–Crippen LogP) is 1.87. The van der Waals surface area contributed by atoms with Gasteiger partial charge in [0.15, 0.2) is 5.96 Å². The minimum absolute atomic E-state index is 0. The zero-order valence-corrected chi connectivity index (χ0v) is 16.0. The van der Waals surface area contributed by atoms with Gasteiger partial charge in [-0.15, -0.1) is 24.0 Å². The van der Waals surface area contributed by atoms with Crippen LogP contribution in [0, 0.1) is 13.8 Å². The number of hydrogen-bond acceptors (Lipinski definition) is 4. The summed E-state index contributed by atoms with van der Waals surface area (Å²) in [6.07, 6.45) is 2.50. The summed E-state index contributed by atoms with van der Waals surface area (Å²) in [5, 5.41) is 16.9. The number of aliphatic imine (C=N–C) groups is 1. The van der Waals surface area contributed by atoms with Crippen molar-refractivity contribution < 1.29 is 9.63 Å². The first-order valence-electron chi connectivity index (χ1n) is 7.75. The molecule has 0 aliphatic carbocycles. The summed E-state index contributed by atoms with van der Waals surface area (Å²) in [5.74, 6) is 1.82. The molecular formula is C15H27IN4O2. The summed E-state index contributed by atoms with van der Waals surface area (Å²) < 4.78 is 5.17. The van der Waals surface area contributed by atoms with E-state index in [1.165, 1.54) is 5.56 Å². The second-order valence-electron chi connectivity index (χ2n) is 5.53. The molecule has 7 heteroatoms. The average Bonchev–Trinajstić information content (AvgIpc) is 3.02. The second-order valence-corrected chi connectivity index (χ2v) is 5.53. The number of hydrogen-bond donors (Lipinski definition) is 2. The van der Waals surface area contributed by atoms with Gasteiger partial charge in [-0.25, -0.2) is 0 Å². The average molecular weight is 422 g/mol. The number of β-amino-alcohol motifs (C(OH)–C–C–N with tert-alkyl or cyclic N) is 1. The van der Waals surface area contributed by atoms with Crippen LogP contribution in [0.2, 0.25) is 0 Å². The number of guanidine groups is 1. The minimum Gasteiger partial charge on any atom is -0.391 e. The number of aliphatic hydroxyl groups is 1. The largest absolute Gasteiger partial charge is 0.391 e. The number of rotatable bonds is 5. The Balaban J connectivity index is 0.00000242. The zero-order valence-electron chi connectivity index (χ0n) is 13.6. The summed E-state index contributed by atoms with van der Waals surface area (Å²) in [4.78, 5) is 6.79. The van der Waals surface area contributed by atoms with Crippen molar-refractivity contribution in [3.05, 3.63) is 17.0 Å². The molecule has 1 atom stereocenters. The first-order valence-corrected chi connectivity index (χ1v) is 7.75. The SMILES string of the molecule is CCNC(=NCCCc1c(C)noc1C)N1CC[C@@H](O)C1.I. The van der Waals surface area contributed by atoms with Crippen LogP contribution in [0.15, 0.2) is 9.52 Å². The van der Waals surface area contributed by atoms with Crippen molar-refractivity contribution in [2.24, 2.45) is 4.99 Å². The lowest BCUT2D eigenvalue weighted by molar-refractivity contribution is 0.188. The van der Waals surface area contributed by atoms with Crippen LogP contribution >= 0.6 is 24.0 Å². The highest BCUT2D eigenvalue weighted by atomic mass is 127. The molecule has 1 saturated heterocycles. The molecule has 0 saturated carbocycles. The molecule has 1 aromatic heterocycles. The van der Waals surface area contributed by atoms with E-state index in [0.717, 1.165) is 56.3 Å². The highest BCUT2D eigenvalue weighted by molar-refractivity contribution is 14.0. The molecule has 0 radical (unpaired) electrons. The fourth-order valence-electron chi connectivity index (χ4n) is 2.66. The summed E-state index contributed by atoms with van der Waals surface area (Å²) in [6, 6.07) is 0. The van der Waals surface area contributed by atoms with E-state index in [9.17, 15) is 5.11 Å². The van der Waals surface area contributed by atoms with E-state index in [4.69, 9.17) is 4.52 Å². The normalized spacial score (nSPS) is 18.5. The van der Waals surface area contributed by atoms with E-state index in [1.54, 1.807) is 0 Å². The van der Waals surface area contributed by atoms with Crippen molar-refractivity contribution in [1.29, 1.82) is 0 Å². The molecule has 1 aromatic rings. The second kappa shape index (κ2) is 9.34. The summed E-state index contributed by atoms with van der Waals surface area (Å²) >= 11 is 0. The smallest absolute Gasteiger partial charge is 0.194 e. The van der Waals surface area contributed by atoms with Gasteiger partial charge in [0.05, 0.1) is 11.8 Å². The number of halogens is 1. The fraction of sp³-hybridized carbons (Fsp3) is 0.733. The third-order valence-corrected chi connectivity index (χ3v) is 3.83. The van der Waals surface area contributed by atoms with Crippen molar-refractivity contribution in [1.82, 2.24) is 15.4 Å². The lowest BCUT2D eigenvalue weighted by atomic mass is 10.1. The molecule has 1 aliphatic heterocycles. The van der Waals surface area contributed by atoms with Crippen molar-refractivity contribution in [2.75, 3.05) is 26.2 Å². The van der Waals surface area contributed by atoms with Gasteiger partial charge in [-0.05, 0) is 40.0 Å². The van der Waals surface area contributed by atoms with Crippen molar-refractivity contribution in [3.8, 4) is 0 Å². The molecule has 126 valence electrons. The first-order chi connectivity index (χ1) is 10.1. The Labute approximate surface area is 149 Å². The zero-order chi connectivity index (χ0) is 15.2. The van der Waals surface area contributed by atoms with Gasteiger partial charge >= 0.3 is 0 Å².